The third-order valence-corrected chi connectivity index (χ3v) is 3.06. The maximum absolute atomic E-state index is 12.4. The van der Waals surface area contributed by atoms with Crippen molar-refractivity contribution < 1.29 is 29.0 Å². The van der Waals surface area contributed by atoms with Gasteiger partial charge >= 0.3 is 12.1 Å². The lowest BCUT2D eigenvalue weighted by molar-refractivity contribution is -0.147. The summed E-state index contributed by atoms with van der Waals surface area (Å²) in [6, 6.07) is -1.10. The summed E-state index contributed by atoms with van der Waals surface area (Å²) in [6.07, 6.45) is 0.153. The number of morpholine rings is 1. The number of carbonyl (C=O) groups excluding carboxylic acids is 2. The van der Waals surface area contributed by atoms with Crippen molar-refractivity contribution in [3.05, 3.63) is 12.7 Å². The van der Waals surface area contributed by atoms with E-state index in [0.29, 0.717) is 26.3 Å². The second-order valence-electron chi connectivity index (χ2n) is 4.53. The maximum Gasteiger partial charge on any atom is 0.410 e. The molecule has 0 aromatic heterocycles. The van der Waals surface area contributed by atoms with E-state index in [-0.39, 0.29) is 6.61 Å². The molecule has 0 spiro atoms. The highest BCUT2D eigenvalue weighted by Crippen LogP contribution is 2.11. The number of carboxylic acid groups (broad SMARTS) is 1. The van der Waals surface area contributed by atoms with Gasteiger partial charge < -0.3 is 19.5 Å². The standard InChI is InChI=1S/C13H20N2O6/c1-3-6-21-13(19)14(2)10(9-11(16)17)12(18)15-4-7-20-8-5-15/h3,10H,1,4-9H2,2H3,(H,16,17). The average molecular weight is 300 g/mol. The normalized spacial score (nSPS) is 16.0. The molecule has 21 heavy (non-hydrogen) atoms. The molecule has 1 aliphatic rings. The highest BCUT2D eigenvalue weighted by Gasteiger charge is 2.33. The Bertz CT molecular complexity index is 405. The lowest BCUT2D eigenvalue weighted by atomic mass is 10.1. The Morgan fingerprint density at radius 2 is 2.05 bits per heavy atom. The lowest BCUT2D eigenvalue weighted by Crippen LogP contribution is -2.53. The van der Waals surface area contributed by atoms with Crippen LogP contribution < -0.4 is 0 Å². The quantitative estimate of drug-likeness (QED) is 0.690. The molecule has 1 fully saturated rings. The van der Waals surface area contributed by atoms with Crippen LogP contribution in [0.2, 0.25) is 0 Å². The van der Waals surface area contributed by atoms with E-state index in [9.17, 15) is 14.4 Å². The first-order valence-electron chi connectivity index (χ1n) is 6.56. The predicted octanol–water partition coefficient (Wildman–Crippen LogP) is -0.0571. The molecule has 0 aliphatic carbocycles. The van der Waals surface area contributed by atoms with Crippen molar-refractivity contribution in [3.8, 4) is 0 Å². The van der Waals surface area contributed by atoms with Gasteiger partial charge in [-0.1, -0.05) is 12.7 Å². The van der Waals surface area contributed by atoms with Gasteiger partial charge in [0.2, 0.25) is 5.91 Å². The summed E-state index contributed by atoms with van der Waals surface area (Å²) in [5.41, 5.74) is 0. The zero-order chi connectivity index (χ0) is 15.8. The second kappa shape index (κ2) is 8.25. The van der Waals surface area contributed by atoms with Gasteiger partial charge in [-0.3, -0.25) is 14.5 Å². The van der Waals surface area contributed by atoms with Gasteiger partial charge in [-0.2, -0.15) is 0 Å². The molecule has 2 amide bonds. The van der Waals surface area contributed by atoms with Crippen molar-refractivity contribution >= 4 is 18.0 Å². The molecular formula is C13H20N2O6. The van der Waals surface area contributed by atoms with Gasteiger partial charge in [-0.05, 0) is 0 Å². The fourth-order valence-corrected chi connectivity index (χ4v) is 1.91. The van der Waals surface area contributed by atoms with E-state index in [0.717, 1.165) is 4.90 Å². The second-order valence-corrected chi connectivity index (χ2v) is 4.53. The molecule has 0 bridgehead atoms. The Morgan fingerprint density at radius 1 is 1.43 bits per heavy atom. The van der Waals surface area contributed by atoms with E-state index in [4.69, 9.17) is 14.6 Å². The number of rotatable bonds is 6. The van der Waals surface area contributed by atoms with Crippen LogP contribution in [0.15, 0.2) is 12.7 Å². The summed E-state index contributed by atoms with van der Waals surface area (Å²) in [5, 5.41) is 8.95. The average Bonchev–Trinajstić information content (AvgIpc) is 2.49. The molecule has 0 aromatic rings. The van der Waals surface area contributed by atoms with Gasteiger partial charge in [0.05, 0.1) is 19.6 Å². The molecule has 1 heterocycles. The largest absolute Gasteiger partial charge is 0.481 e. The zero-order valence-electron chi connectivity index (χ0n) is 12.0. The van der Waals surface area contributed by atoms with E-state index in [1.165, 1.54) is 18.0 Å². The van der Waals surface area contributed by atoms with E-state index >= 15 is 0 Å². The third kappa shape index (κ3) is 5.07. The molecule has 1 unspecified atom stereocenters. The van der Waals surface area contributed by atoms with Gasteiger partial charge in [0.1, 0.15) is 12.6 Å². The van der Waals surface area contributed by atoms with Crippen molar-refractivity contribution in [2.24, 2.45) is 0 Å². The van der Waals surface area contributed by atoms with Gasteiger partial charge in [-0.25, -0.2) is 4.79 Å². The summed E-state index contributed by atoms with van der Waals surface area (Å²) >= 11 is 0. The maximum atomic E-state index is 12.4. The Morgan fingerprint density at radius 3 is 2.57 bits per heavy atom. The Hall–Kier alpha value is -2.09. The van der Waals surface area contributed by atoms with Crippen LogP contribution >= 0.6 is 0 Å². The molecule has 1 aliphatic heterocycles. The van der Waals surface area contributed by atoms with Crippen LogP contribution in [0.3, 0.4) is 0 Å². The smallest absolute Gasteiger partial charge is 0.410 e. The number of hydrogen-bond acceptors (Lipinski definition) is 5. The summed E-state index contributed by atoms with van der Waals surface area (Å²) in [7, 11) is 1.34. The van der Waals surface area contributed by atoms with Crippen LogP contribution in [-0.4, -0.2) is 78.9 Å². The van der Waals surface area contributed by atoms with Gasteiger partial charge in [0.25, 0.3) is 0 Å². The van der Waals surface area contributed by atoms with Crippen molar-refractivity contribution in [3.63, 3.8) is 0 Å². The summed E-state index contributed by atoms with van der Waals surface area (Å²) in [4.78, 5) is 37.6. The van der Waals surface area contributed by atoms with Crippen LogP contribution in [0.5, 0.6) is 0 Å². The minimum absolute atomic E-state index is 0.00525. The number of carbonyl (C=O) groups is 3. The van der Waals surface area contributed by atoms with E-state index < -0.39 is 30.4 Å². The highest BCUT2D eigenvalue weighted by atomic mass is 16.6. The molecule has 1 atom stereocenters. The first-order chi connectivity index (χ1) is 9.97. The van der Waals surface area contributed by atoms with Crippen LogP contribution in [0.4, 0.5) is 4.79 Å². The van der Waals surface area contributed by atoms with Crippen LogP contribution in [0.1, 0.15) is 6.42 Å². The minimum atomic E-state index is -1.16. The van der Waals surface area contributed by atoms with Gasteiger partial charge in [0, 0.05) is 20.1 Å². The monoisotopic (exact) mass is 300 g/mol. The molecule has 8 heteroatoms. The summed E-state index contributed by atoms with van der Waals surface area (Å²) < 4.78 is 9.98. The van der Waals surface area contributed by atoms with E-state index in [1.807, 2.05) is 0 Å². The minimum Gasteiger partial charge on any atom is -0.481 e. The number of ether oxygens (including phenoxy) is 2. The number of nitrogens with zero attached hydrogens (tertiary/aromatic N) is 2. The molecule has 118 valence electrons. The Balaban J connectivity index is 2.77. The van der Waals surface area contributed by atoms with Crippen LogP contribution in [-0.2, 0) is 19.1 Å². The van der Waals surface area contributed by atoms with E-state index in [2.05, 4.69) is 6.58 Å². The Kier molecular flexibility index (Phi) is 6.67. The van der Waals surface area contributed by atoms with Crippen molar-refractivity contribution in [2.75, 3.05) is 40.0 Å². The zero-order valence-corrected chi connectivity index (χ0v) is 12.0. The fourth-order valence-electron chi connectivity index (χ4n) is 1.91. The molecule has 1 saturated heterocycles. The topological polar surface area (TPSA) is 96.4 Å². The first-order valence-corrected chi connectivity index (χ1v) is 6.56. The third-order valence-electron chi connectivity index (χ3n) is 3.06. The number of carboxylic acids is 1. The van der Waals surface area contributed by atoms with Gasteiger partial charge in [0.15, 0.2) is 0 Å². The Labute approximate surface area is 122 Å². The predicted molar refractivity (Wildman–Crippen MR) is 72.7 cm³/mol. The number of aliphatic carboxylic acids is 1. The molecule has 0 saturated carbocycles. The molecular weight excluding hydrogens is 280 g/mol. The fraction of sp³-hybridized carbons (Fsp3) is 0.615. The molecule has 0 radical (unpaired) electrons. The van der Waals surface area contributed by atoms with Crippen LogP contribution in [0.25, 0.3) is 0 Å². The number of likely N-dealkylation sites (N-methyl/N-ethyl adjacent to an activating group) is 1. The van der Waals surface area contributed by atoms with Gasteiger partial charge in [-0.15, -0.1) is 0 Å². The highest BCUT2D eigenvalue weighted by molar-refractivity contribution is 5.89. The van der Waals surface area contributed by atoms with Crippen LogP contribution in [0, 0.1) is 0 Å². The van der Waals surface area contributed by atoms with Crippen molar-refractivity contribution in [1.29, 1.82) is 0 Å². The van der Waals surface area contributed by atoms with Crippen molar-refractivity contribution in [2.45, 2.75) is 12.5 Å². The number of amides is 2. The molecule has 0 aromatic carbocycles. The van der Waals surface area contributed by atoms with Crippen molar-refractivity contribution in [1.82, 2.24) is 9.80 Å². The summed E-state index contributed by atoms with van der Waals surface area (Å²) in [5.74, 6) is -1.58. The SMILES string of the molecule is C=CCOC(=O)N(C)C(CC(=O)O)C(=O)N1CCOCC1. The molecule has 8 nitrogen and oxygen atoms in total. The number of hydrogen-bond donors (Lipinski definition) is 1. The molecule has 1 rings (SSSR count). The molecule has 1 N–H and O–H groups in total. The first kappa shape index (κ1) is 17.0. The lowest BCUT2D eigenvalue weighted by Gasteiger charge is -2.33. The summed E-state index contributed by atoms with van der Waals surface area (Å²) in [6.45, 7) is 4.97. The van der Waals surface area contributed by atoms with E-state index in [1.54, 1.807) is 0 Å².